The van der Waals surface area contributed by atoms with Crippen LogP contribution in [0.3, 0.4) is 0 Å². The molecule has 24 heavy (non-hydrogen) atoms. The van der Waals surface area contributed by atoms with Crippen LogP contribution in [0.25, 0.3) is 10.1 Å². The van der Waals surface area contributed by atoms with Crippen LogP contribution < -0.4 is 9.47 Å². The minimum absolute atomic E-state index is 0.0551. The van der Waals surface area contributed by atoms with Crippen molar-refractivity contribution in [3.05, 3.63) is 23.1 Å². The van der Waals surface area contributed by atoms with Gasteiger partial charge in [0.15, 0.2) is 11.5 Å². The van der Waals surface area contributed by atoms with Crippen molar-refractivity contribution in [2.45, 2.75) is 6.42 Å². The van der Waals surface area contributed by atoms with Crippen LogP contribution in [0, 0.1) is 5.92 Å². The molecule has 2 aromatic rings. The van der Waals surface area contributed by atoms with Crippen molar-refractivity contribution in [3.63, 3.8) is 0 Å². The summed E-state index contributed by atoms with van der Waals surface area (Å²) in [6.07, 6.45) is 0.644. The quantitative estimate of drug-likeness (QED) is 0.794. The standard InChI is InChI=1S/C17H19NO5S/c1-21-12-6-11-7-15(24-14(11)8-13(12)22-2)16(19)18-5-4-10(9-18)17(20)23-3/h6-8,10H,4-5,9H2,1-3H3/t10-/m0/s1. The average molecular weight is 349 g/mol. The third-order valence-electron chi connectivity index (χ3n) is 4.24. The number of methoxy groups -OCH3 is 3. The lowest BCUT2D eigenvalue weighted by molar-refractivity contribution is -0.144. The minimum Gasteiger partial charge on any atom is -0.493 e. The minimum atomic E-state index is -0.254. The molecule has 1 aliphatic rings. The first kappa shape index (κ1) is 16.6. The van der Waals surface area contributed by atoms with Crippen LogP contribution in [0.5, 0.6) is 11.5 Å². The van der Waals surface area contributed by atoms with Gasteiger partial charge < -0.3 is 19.1 Å². The van der Waals surface area contributed by atoms with Crippen LogP contribution in [-0.4, -0.2) is 51.2 Å². The maximum atomic E-state index is 12.7. The van der Waals surface area contributed by atoms with E-state index in [1.807, 2.05) is 18.2 Å². The summed E-state index contributed by atoms with van der Waals surface area (Å²) >= 11 is 1.41. The van der Waals surface area contributed by atoms with Crippen LogP contribution in [0.2, 0.25) is 0 Å². The maximum Gasteiger partial charge on any atom is 0.310 e. The first-order valence-electron chi connectivity index (χ1n) is 7.60. The summed E-state index contributed by atoms with van der Waals surface area (Å²) < 4.78 is 16.3. The van der Waals surface area contributed by atoms with E-state index < -0.39 is 0 Å². The predicted octanol–water partition coefficient (Wildman–Crippen LogP) is 2.55. The van der Waals surface area contributed by atoms with E-state index in [9.17, 15) is 9.59 Å². The molecule has 0 N–H and O–H groups in total. The number of amides is 1. The number of hydrogen-bond acceptors (Lipinski definition) is 6. The molecule has 0 aliphatic carbocycles. The van der Waals surface area contributed by atoms with E-state index in [4.69, 9.17) is 14.2 Å². The second-order valence-corrected chi connectivity index (χ2v) is 6.70. The van der Waals surface area contributed by atoms with Crippen LogP contribution in [0.4, 0.5) is 0 Å². The van der Waals surface area contributed by atoms with E-state index in [0.29, 0.717) is 35.9 Å². The maximum absolute atomic E-state index is 12.7. The molecule has 0 saturated carbocycles. The van der Waals surface area contributed by atoms with Gasteiger partial charge in [0.25, 0.3) is 5.91 Å². The molecular weight excluding hydrogens is 330 g/mol. The number of carbonyl (C=O) groups excluding carboxylic acids is 2. The fraction of sp³-hybridized carbons (Fsp3) is 0.412. The van der Waals surface area contributed by atoms with Crippen molar-refractivity contribution in [3.8, 4) is 11.5 Å². The monoisotopic (exact) mass is 349 g/mol. The number of thiophene rings is 1. The number of benzene rings is 1. The molecule has 1 amide bonds. The van der Waals surface area contributed by atoms with Gasteiger partial charge in [0.05, 0.1) is 32.1 Å². The van der Waals surface area contributed by atoms with Crippen molar-refractivity contribution < 1.29 is 23.8 Å². The average Bonchev–Trinajstić information content (AvgIpc) is 3.25. The molecule has 7 heteroatoms. The molecule has 1 aromatic heterocycles. The van der Waals surface area contributed by atoms with Crippen molar-refractivity contribution in [1.82, 2.24) is 4.90 Å². The smallest absolute Gasteiger partial charge is 0.310 e. The van der Waals surface area contributed by atoms with E-state index in [1.165, 1.54) is 18.4 Å². The predicted molar refractivity (Wildman–Crippen MR) is 91.0 cm³/mol. The number of fused-ring (bicyclic) bond motifs is 1. The first-order valence-corrected chi connectivity index (χ1v) is 8.41. The van der Waals surface area contributed by atoms with E-state index in [1.54, 1.807) is 19.1 Å². The molecule has 1 saturated heterocycles. The van der Waals surface area contributed by atoms with Gasteiger partial charge in [0.1, 0.15) is 0 Å². The Kier molecular flexibility index (Phi) is 4.62. The number of hydrogen-bond donors (Lipinski definition) is 0. The van der Waals surface area contributed by atoms with Crippen LogP contribution in [0.1, 0.15) is 16.1 Å². The second-order valence-electron chi connectivity index (χ2n) is 5.62. The Morgan fingerprint density at radius 1 is 1.12 bits per heavy atom. The Labute approximate surface area is 143 Å². The van der Waals surface area contributed by atoms with Crippen LogP contribution >= 0.6 is 11.3 Å². The van der Waals surface area contributed by atoms with Gasteiger partial charge >= 0.3 is 5.97 Å². The number of ether oxygens (including phenoxy) is 3. The van der Waals surface area contributed by atoms with Gasteiger partial charge in [0.2, 0.25) is 0 Å². The highest BCUT2D eigenvalue weighted by Gasteiger charge is 2.32. The van der Waals surface area contributed by atoms with Crippen molar-refractivity contribution in [1.29, 1.82) is 0 Å². The van der Waals surface area contributed by atoms with Crippen LogP contribution in [0.15, 0.2) is 18.2 Å². The van der Waals surface area contributed by atoms with E-state index in [0.717, 1.165) is 10.1 Å². The number of nitrogens with zero attached hydrogens (tertiary/aromatic N) is 1. The van der Waals surface area contributed by atoms with E-state index in [-0.39, 0.29) is 17.8 Å². The molecule has 1 aliphatic heterocycles. The Bertz CT molecular complexity index is 744. The first-order chi connectivity index (χ1) is 11.6. The zero-order valence-corrected chi connectivity index (χ0v) is 14.6. The van der Waals surface area contributed by atoms with Gasteiger partial charge in [-0.1, -0.05) is 0 Å². The highest BCUT2D eigenvalue weighted by atomic mass is 32.1. The number of carbonyl (C=O) groups is 2. The Morgan fingerprint density at radius 2 is 1.83 bits per heavy atom. The summed E-state index contributed by atoms with van der Waals surface area (Å²) in [5.41, 5.74) is 0. The summed E-state index contributed by atoms with van der Waals surface area (Å²) in [6, 6.07) is 5.59. The molecule has 3 rings (SSSR count). The summed E-state index contributed by atoms with van der Waals surface area (Å²) in [5, 5.41) is 0.935. The van der Waals surface area contributed by atoms with E-state index in [2.05, 4.69) is 0 Å². The lowest BCUT2D eigenvalue weighted by Crippen LogP contribution is -2.29. The van der Waals surface area contributed by atoms with Gasteiger partial charge in [-0.2, -0.15) is 0 Å². The van der Waals surface area contributed by atoms with Gasteiger partial charge in [0, 0.05) is 23.9 Å². The molecule has 1 fully saturated rings. The molecule has 2 heterocycles. The van der Waals surface area contributed by atoms with Crippen molar-refractivity contribution in [2.75, 3.05) is 34.4 Å². The normalized spacial score (nSPS) is 17.1. The molecule has 1 atom stereocenters. The van der Waals surface area contributed by atoms with Crippen molar-refractivity contribution >= 4 is 33.3 Å². The third-order valence-corrected chi connectivity index (χ3v) is 5.33. The Hall–Kier alpha value is -2.28. The van der Waals surface area contributed by atoms with Crippen molar-refractivity contribution in [2.24, 2.45) is 5.92 Å². The lowest BCUT2D eigenvalue weighted by Gasteiger charge is -2.14. The Morgan fingerprint density at radius 3 is 2.50 bits per heavy atom. The molecule has 0 unspecified atom stereocenters. The summed E-state index contributed by atoms with van der Waals surface area (Å²) in [4.78, 5) is 26.7. The molecule has 0 bridgehead atoms. The fourth-order valence-electron chi connectivity index (χ4n) is 2.93. The summed E-state index contributed by atoms with van der Waals surface area (Å²) in [6.45, 7) is 0.978. The number of rotatable bonds is 4. The zero-order valence-electron chi connectivity index (χ0n) is 13.8. The van der Waals surface area contributed by atoms with Gasteiger partial charge in [-0.05, 0) is 23.9 Å². The summed E-state index contributed by atoms with van der Waals surface area (Å²) in [7, 11) is 4.54. The van der Waals surface area contributed by atoms with Gasteiger partial charge in [-0.3, -0.25) is 9.59 Å². The SMILES string of the molecule is COC(=O)[C@H]1CCN(C(=O)c2cc3cc(OC)c(OC)cc3s2)C1. The number of esters is 1. The topological polar surface area (TPSA) is 65.1 Å². The molecule has 0 radical (unpaired) electrons. The summed E-state index contributed by atoms with van der Waals surface area (Å²) in [5.74, 6) is 0.733. The van der Waals surface area contributed by atoms with Gasteiger partial charge in [-0.15, -0.1) is 11.3 Å². The lowest BCUT2D eigenvalue weighted by atomic mass is 10.1. The third kappa shape index (κ3) is 2.91. The molecule has 6 nitrogen and oxygen atoms in total. The van der Waals surface area contributed by atoms with Crippen LogP contribution in [-0.2, 0) is 9.53 Å². The zero-order chi connectivity index (χ0) is 17.3. The molecule has 0 spiro atoms. The van der Waals surface area contributed by atoms with E-state index >= 15 is 0 Å². The highest BCUT2D eigenvalue weighted by molar-refractivity contribution is 7.20. The molecule has 1 aromatic carbocycles. The molecular formula is C17H19NO5S. The molecule has 128 valence electrons. The highest BCUT2D eigenvalue weighted by Crippen LogP contribution is 2.37. The van der Waals surface area contributed by atoms with Gasteiger partial charge in [-0.25, -0.2) is 0 Å². The second kappa shape index (κ2) is 6.68. The fourth-order valence-corrected chi connectivity index (χ4v) is 3.97. The number of likely N-dealkylation sites (tertiary alicyclic amines) is 1. The Balaban J connectivity index is 1.84. The largest absolute Gasteiger partial charge is 0.493 e.